The maximum atomic E-state index is 11.9. The van der Waals surface area contributed by atoms with Crippen LogP contribution in [0.3, 0.4) is 0 Å². The monoisotopic (exact) mass is 406 g/mol. The molecular formula is C18H21Cl3O4. The third-order valence-corrected chi connectivity index (χ3v) is 4.98. The highest BCUT2D eigenvalue weighted by molar-refractivity contribution is 6.40. The van der Waals surface area contributed by atoms with Gasteiger partial charge in [-0.15, -0.1) is 0 Å². The molecule has 138 valence electrons. The zero-order chi connectivity index (χ0) is 18.4. The standard InChI is InChI=1S/C18H21Cl3O4/c1-11-5-7-13(8-6-11)24-16(22)3-2-4-17(23)25-18-14(20)9-12(19)10-15(18)21/h9-11,13H,2-8H2,1H3. The molecule has 0 bridgehead atoms. The molecule has 0 atom stereocenters. The highest BCUT2D eigenvalue weighted by Crippen LogP contribution is 2.36. The minimum Gasteiger partial charge on any atom is -0.462 e. The molecule has 1 aliphatic rings. The fraction of sp³-hybridized carbons (Fsp3) is 0.556. The molecule has 0 aromatic heterocycles. The smallest absolute Gasteiger partial charge is 0.311 e. The summed E-state index contributed by atoms with van der Waals surface area (Å²) in [5.74, 6) is 0.00759. The molecule has 25 heavy (non-hydrogen) atoms. The molecule has 2 rings (SSSR count). The van der Waals surface area contributed by atoms with E-state index in [0.717, 1.165) is 25.7 Å². The second-order valence-electron chi connectivity index (χ2n) is 6.40. The first kappa shape index (κ1) is 20.3. The molecule has 4 nitrogen and oxygen atoms in total. The molecule has 1 aliphatic carbocycles. The molecule has 7 heteroatoms. The van der Waals surface area contributed by atoms with Crippen molar-refractivity contribution in [3.05, 3.63) is 27.2 Å². The van der Waals surface area contributed by atoms with Crippen LogP contribution < -0.4 is 4.74 Å². The topological polar surface area (TPSA) is 52.6 Å². The van der Waals surface area contributed by atoms with E-state index in [4.69, 9.17) is 44.3 Å². The van der Waals surface area contributed by atoms with Crippen molar-refractivity contribution in [1.82, 2.24) is 0 Å². The van der Waals surface area contributed by atoms with Gasteiger partial charge in [0.25, 0.3) is 0 Å². The molecule has 1 aromatic rings. The lowest BCUT2D eigenvalue weighted by atomic mass is 9.89. The Kier molecular flexibility index (Phi) is 7.85. The largest absolute Gasteiger partial charge is 0.462 e. The second kappa shape index (κ2) is 9.65. The van der Waals surface area contributed by atoms with Gasteiger partial charge in [0.15, 0.2) is 5.75 Å². The van der Waals surface area contributed by atoms with Crippen molar-refractivity contribution in [3.63, 3.8) is 0 Å². The number of ether oxygens (including phenoxy) is 2. The Morgan fingerprint density at radius 1 is 1.00 bits per heavy atom. The van der Waals surface area contributed by atoms with E-state index >= 15 is 0 Å². The van der Waals surface area contributed by atoms with Gasteiger partial charge in [-0.3, -0.25) is 9.59 Å². The minimum atomic E-state index is -0.509. The van der Waals surface area contributed by atoms with Gasteiger partial charge in [-0.25, -0.2) is 0 Å². The van der Waals surface area contributed by atoms with Crippen molar-refractivity contribution in [3.8, 4) is 5.75 Å². The average molecular weight is 408 g/mol. The first-order valence-electron chi connectivity index (χ1n) is 8.40. The summed E-state index contributed by atoms with van der Waals surface area (Å²) in [6.07, 6.45) is 4.64. The summed E-state index contributed by atoms with van der Waals surface area (Å²) < 4.78 is 10.6. The van der Waals surface area contributed by atoms with Crippen LogP contribution in [0.5, 0.6) is 5.75 Å². The Balaban J connectivity index is 1.71. The highest BCUT2D eigenvalue weighted by atomic mass is 35.5. The number of hydrogen-bond donors (Lipinski definition) is 0. The van der Waals surface area contributed by atoms with Gasteiger partial charge in [-0.1, -0.05) is 41.7 Å². The SMILES string of the molecule is CC1CCC(OC(=O)CCCC(=O)Oc2c(Cl)cc(Cl)cc2Cl)CC1. The van der Waals surface area contributed by atoms with Gasteiger partial charge in [0, 0.05) is 17.9 Å². The minimum absolute atomic E-state index is 0.0160. The number of esters is 2. The molecule has 1 saturated carbocycles. The van der Waals surface area contributed by atoms with Crippen LogP contribution in [0.1, 0.15) is 51.9 Å². The summed E-state index contributed by atoms with van der Waals surface area (Å²) in [5, 5.41) is 0.684. The number of halogens is 3. The van der Waals surface area contributed by atoms with Gasteiger partial charge in [-0.2, -0.15) is 0 Å². The summed E-state index contributed by atoms with van der Waals surface area (Å²) in [6.45, 7) is 2.21. The lowest BCUT2D eigenvalue weighted by Crippen LogP contribution is -2.23. The molecule has 1 fully saturated rings. The van der Waals surface area contributed by atoms with Gasteiger partial charge in [0.05, 0.1) is 10.0 Å². The Labute approximate surface area is 162 Å². The molecule has 0 heterocycles. The van der Waals surface area contributed by atoms with E-state index in [1.165, 1.54) is 12.1 Å². The molecule has 0 unspecified atom stereocenters. The lowest BCUT2D eigenvalue weighted by molar-refractivity contribution is -0.151. The Morgan fingerprint density at radius 2 is 1.56 bits per heavy atom. The van der Waals surface area contributed by atoms with Crippen molar-refractivity contribution < 1.29 is 19.1 Å². The molecule has 0 aliphatic heterocycles. The third kappa shape index (κ3) is 6.69. The zero-order valence-corrected chi connectivity index (χ0v) is 16.3. The normalized spacial score (nSPS) is 20.2. The van der Waals surface area contributed by atoms with Gasteiger partial charge in [-0.05, 0) is 50.2 Å². The summed E-state index contributed by atoms with van der Waals surface area (Å²) >= 11 is 17.7. The number of carbonyl (C=O) groups is 2. The van der Waals surface area contributed by atoms with Crippen LogP contribution in [0.25, 0.3) is 0 Å². The molecular weight excluding hydrogens is 387 g/mol. The van der Waals surface area contributed by atoms with Crippen LogP contribution in [-0.2, 0) is 14.3 Å². The molecule has 0 radical (unpaired) electrons. The van der Waals surface area contributed by atoms with Crippen LogP contribution >= 0.6 is 34.8 Å². The van der Waals surface area contributed by atoms with E-state index in [-0.39, 0.29) is 40.7 Å². The maximum Gasteiger partial charge on any atom is 0.311 e. The Morgan fingerprint density at radius 3 is 2.16 bits per heavy atom. The molecule has 0 amide bonds. The first-order chi connectivity index (χ1) is 11.8. The van der Waals surface area contributed by atoms with Crippen LogP contribution in [0.4, 0.5) is 0 Å². The summed E-state index contributed by atoms with van der Waals surface area (Å²) in [7, 11) is 0. The first-order valence-corrected chi connectivity index (χ1v) is 9.53. The van der Waals surface area contributed by atoms with Gasteiger partial charge in [0.1, 0.15) is 6.10 Å². The summed E-state index contributed by atoms with van der Waals surface area (Å²) in [5.41, 5.74) is 0. The zero-order valence-electron chi connectivity index (χ0n) is 14.0. The predicted octanol–water partition coefficient (Wildman–Crippen LogP) is 5.84. The van der Waals surface area contributed by atoms with Crippen molar-refractivity contribution in [2.45, 2.75) is 58.0 Å². The van der Waals surface area contributed by atoms with E-state index in [1.54, 1.807) is 0 Å². The van der Waals surface area contributed by atoms with E-state index in [0.29, 0.717) is 17.4 Å². The number of rotatable bonds is 6. The predicted molar refractivity (Wildman–Crippen MR) is 98.5 cm³/mol. The second-order valence-corrected chi connectivity index (χ2v) is 7.65. The maximum absolute atomic E-state index is 11.9. The summed E-state index contributed by atoms with van der Waals surface area (Å²) in [4.78, 5) is 23.7. The number of benzene rings is 1. The van der Waals surface area contributed by atoms with Crippen LogP contribution in [0.2, 0.25) is 15.1 Å². The van der Waals surface area contributed by atoms with E-state index < -0.39 is 5.97 Å². The van der Waals surface area contributed by atoms with Crippen molar-refractivity contribution in [2.24, 2.45) is 5.92 Å². The quantitative estimate of drug-likeness (QED) is 0.439. The Hall–Kier alpha value is -0.970. The fourth-order valence-electron chi connectivity index (χ4n) is 2.76. The Bertz CT molecular complexity index is 602. The van der Waals surface area contributed by atoms with Crippen LogP contribution in [0.15, 0.2) is 12.1 Å². The van der Waals surface area contributed by atoms with Crippen molar-refractivity contribution in [2.75, 3.05) is 0 Å². The molecule has 0 saturated heterocycles. The average Bonchev–Trinajstić information content (AvgIpc) is 2.53. The van der Waals surface area contributed by atoms with Gasteiger partial charge < -0.3 is 9.47 Å². The van der Waals surface area contributed by atoms with Crippen LogP contribution in [-0.4, -0.2) is 18.0 Å². The molecule has 1 aromatic carbocycles. The number of carbonyl (C=O) groups excluding carboxylic acids is 2. The molecule has 0 N–H and O–H groups in total. The van der Waals surface area contributed by atoms with Crippen molar-refractivity contribution >= 4 is 46.7 Å². The number of hydrogen-bond acceptors (Lipinski definition) is 4. The van der Waals surface area contributed by atoms with E-state index in [1.807, 2.05) is 0 Å². The van der Waals surface area contributed by atoms with E-state index in [9.17, 15) is 9.59 Å². The van der Waals surface area contributed by atoms with Crippen molar-refractivity contribution in [1.29, 1.82) is 0 Å². The third-order valence-electron chi connectivity index (χ3n) is 4.20. The fourth-order valence-corrected chi connectivity index (χ4v) is 3.65. The lowest BCUT2D eigenvalue weighted by Gasteiger charge is -2.25. The van der Waals surface area contributed by atoms with Crippen LogP contribution in [0, 0.1) is 5.92 Å². The molecule has 0 spiro atoms. The van der Waals surface area contributed by atoms with Gasteiger partial charge >= 0.3 is 11.9 Å². The van der Waals surface area contributed by atoms with E-state index in [2.05, 4.69) is 6.92 Å². The summed E-state index contributed by atoms with van der Waals surface area (Å²) in [6, 6.07) is 2.89. The highest BCUT2D eigenvalue weighted by Gasteiger charge is 2.21. The van der Waals surface area contributed by atoms with Gasteiger partial charge in [0.2, 0.25) is 0 Å².